The van der Waals surface area contributed by atoms with Crippen LogP contribution in [0.25, 0.3) is 33.1 Å². The second kappa shape index (κ2) is 7.71. The van der Waals surface area contributed by atoms with Crippen LogP contribution in [0.1, 0.15) is 40.2 Å². The van der Waals surface area contributed by atoms with Crippen LogP contribution >= 0.6 is 12.4 Å². The van der Waals surface area contributed by atoms with E-state index in [2.05, 4.69) is 29.4 Å². The molecule has 0 aliphatic carbocycles. The van der Waals surface area contributed by atoms with E-state index in [0.717, 1.165) is 16.2 Å². The standard InChI is InChI=1S/C25H27FN4O.ClH/c1-24(2)14-20(22(26)25(3,4)29-24)30-10-9-17-12-19(27-28-23(17)30)18-11-15-7-5-6-8-16(15)13-21(18)31;/h5-13,20,22,29,31H,14H2,1-4H3;1H/t20-,22-;/m0./s1. The number of hydrogen-bond donors (Lipinski definition) is 2. The van der Waals surface area contributed by atoms with Gasteiger partial charge in [0.05, 0.1) is 11.7 Å². The summed E-state index contributed by atoms with van der Waals surface area (Å²) in [5, 5.41) is 25.7. The van der Waals surface area contributed by atoms with Crippen LogP contribution in [-0.4, -0.2) is 37.1 Å². The molecule has 0 spiro atoms. The van der Waals surface area contributed by atoms with Crippen molar-refractivity contribution < 1.29 is 9.50 Å². The van der Waals surface area contributed by atoms with Crippen LogP contribution in [0.4, 0.5) is 4.39 Å². The quantitative estimate of drug-likeness (QED) is 0.401. The Hall–Kier alpha value is -2.70. The lowest BCUT2D eigenvalue weighted by Crippen LogP contribution is -2.64. The van der Waals surface area contributed by atoms with Crippen LogP contribution in [0.5, 0.6) is 5.75 Å². The van der Waals surface area contributed by atoms with E-state index in [1.54, 1.807) is 6.07 Å². The maximum atomic E-state index is 15.4. The van der Waals surface area contributed by atoms with Gasteiger partial charge in [0.15, 0.2) is 5.65 Å². The van der Waals surface area contributed by atoms with Crippen molar-refractivity contribution in [3.8, 4) is 17.0 Å². The van der Waals surface area contributed by atoms with Gasteiger partial charge in [-0.05, 0) is 69.2 Å². The Bertz CT molecular complexity index is 1300. The summed E-state index contributed by atoms with van der Waals surface area (Å²) in [4.78, 5) is 0. The molecule has 1 fully saturated rings. The number of fused-ring (bicyclic) bond motifs is 2. The highest BCUT2D eigenvalue weighted by atomic mass is 35.5. The molecule has 4 aromatic rings. The van der Waals surface area contributed by atoms with Gasteiger partial charge >= 0.3 is 0 Å². The Morgan fingerprint density at radius 3 is 2.41 bits per heavy atom. The van der Waals surface area contributed by atoms with Gasteiger partial charge in [0.2, 0.25) is 0 Å². The third kappa shape index (κ3) is 3.71. The maximum absolute atomic E-state index is 15.4. The summed E-state index contributed by atoms with van der Waals surface area (Å²) in [7, 11) is 0. The van der Waals surface area contributed by atoms with Gasteiger partial charge in [0, 0.05) is 28.2 Å². The molecule has 0 radical (unpaired) electrons. The first-order chi connectivity index (χ1) is 14.6. The van der Waals surface area contributed by atoms with Gasteiger partial charge in [-0.1, -0.05) is 24.3 Å². The summed E-state index contributed by atoms with van der Waals surface area (Å²) in [5.74, 6) is 0.164. The molecule has 1 aliphatic rings. The largest absolute Gasteiger partial charge is 0.507 e. The molecule has 0 saturated carbocycles. The Balaban J connectivity index is 0.00000245. The van der Waals surface area contributed by atoms with E-state index in [4.69, 9.17) is 0 Å². The number of rotatable bonds is 2. The molecule has 2 N–H and O–H groups in total. The van der Waals surface area contributed by atoms with Gasteiger partial charge in [0.1, 0.15) is 11.9 Å². The number of benzene rings is 2. The summed E-state index contributed by atoms with van der Waals surface area (Å²) >= 11 is 0. The molecule has 2 aromatic carbocycles. The Kier molecular flexibility index (Phi) is 5.42. The van der Waals surface area contributed by atoms with Crippen molar-refractivity contribution in [1.82, 2.24) is 20.1 Å². The van der Waals surface area contributed by atoms with Crippen molar-refractivity contribution in [1.29, 1.82) is 0 Å². The van der Waals surface area contributed by atoms with Crippen molar-refractivity contribution in [2.45, 2.75) is 57.4 Å². The van der Waals surface area contributed by atoms with Crippen LogP contribution in [0.2, 0.25) is 0 Å². The maximum Gasteiger partial charge on any atom is 0.162 e. The fraction of sp³-hybridized carbons (Fsp3) is 0.360. The molecule has 2 aromatic heterocycles. The Morgan fingerprint density at radius 2 is 1.69 bits per heavy atom. The van der Waals surface area contributed by atoms with Crippen LogP contribution in [0, 0.1) is 0 Å². The van der Waals surface area contributed by atoms with E-state index in [1.807, 2.05) is 67.1 Å². The minimum absolute atomic E-state index is 0. The lowest BCUT2D eigenvalue weighted by Gasteiger charge is -2.49. The molecule has 5 rings (SSSR count). The second-order valence-corrected chi connectivity index (χ2v) is 9.85. The average Bonchev–Trinajstić information content (AvgIpc) is 3.12. The first-order valence-corrected chi connectivity index (χ1v) is 10.6. The SMILES string of the molecule is CC1(C)C[C@H](n2ccc3cc(-c4cc5ccccc5cc4O)nnc32)[C@H](F)C(C)(C)N1.Cl. The van der Waals surface area contributed by atoms with Gasteiger partial charge in [-0.3, -0.25) is 0 Å². The van der Waals surface area contributed by atoms with Gasteiger partial charge in [-0.25, -0.2) is 4.39 Å². The number of nitrogens with zero attached hydrogens (tertiary/aromatic N) is 3. The van der Waals surface area contributed by atoms with Gasteiger partial charge in [-0.2, -0.15) is 0 Å². The van der Waals surface area contributed by atoms with Crippen LogP contribution in [0.15, 0.2) is 54.7 Å². The lowest BCUT2D eigenvalue weighted by molar-refractivity contribution is 0.0313. The predicted molar refractivity (Wildman–Crippen MR) is 129 cm³/mol. The molecule has 3 heterocycles. The summed E-state index contributed by atoms with van der Waals surface area (Å²) in [5.41, 5.74) is 1.04. The highest BCUT2D eigenvalue weighted by molar-refractivity contribution is 5.91. The van der Waals surface area contributed by atoms with E-state index in [-0.39, 0.29) is 29.7 Å². The topological polar surface area (TPSA) is 63.0 Å². The van der Waals surface area contributed by atoms with E-state index < -0.39 is 11.7 Å². The molecule has 32 heavy (non-hydrogen) atoms. The fourth-order valence-corrected chi connectivity index (χ4v) is 5.13. The van der Waals surface area contributed by atoms with Crippen molar-refractivity contribution in [2.24, 2.45) is 0 Å². The first kappa shape index (κ1) is 22.5. The highest BCUT2D eigenvalue weighted by Crippen LogP contribution is 2.40. The highest BCUT2D eigenvalue weighted by Gasteiger charge is 2.47. The number of piperidine rings is 1. The molecule has 0 unspecified atom stereocenters. The van der Waals surface area contributed by atoms with Crippen molar-refractivity contribution in [3.63, 3.8) is 0 Å². The Labute approximate surface area is 193 Å². The van der Waals surface area contributed by atoms with Gasteiger partial charge in [-0.15, -0.1) is 22.6 Å². The summed E-state index contributed by atoms with van der Waals surface area (Å²) in [6.45, 7) is 8.02. The number of phenols is 1. The van der Waals surface area contributed by atoms with E-state index in [0.29, 0.717) is 23.3 Å². The monoisotopic (exact) mass is 454 g/mol. The molecule has 7 heteroatoms. The summed E-state index contributed by atoms with van der Waals surface area (Å²) in [6, 6.07) is 15.1. The molecule has 1 aliphatic heterocycles. The third-order valence-corrected chi connectivity index (χ3v) is 6.37. The van der Waals surface area contributed by atoms with Crippen molar-refractivity contribution in [2.75, 3.05) is 0 Å². The zero-order chi connectivity index (χ0) is 22.0. The fourth-order valence-electron chi connectivity index (χ4n) is 5.13. The zero-order valence-electron chi connectivity index (χ0n) is 18.6. The third-order valence-electron chi connectivity index (χ3n) is 6.37. The predicted octanol–water partition coefficient (Wildman–Crippen LogP) is 5.81. The lowest BCUT2D eigenvalue weighted by atomic mass is 9.78. The molecule has 168 valence electrons. The minimum atomic E-state index is -1.07. The number of phenolic OH excluding ortho intramolecular Hbond substituents is 1. The number of halogens is 2. The number of aromatic nitrogens is 3. The molecular formula is C25H28ClFN4O. The minimum Gasteiger partial charge on any atom is -0.507 e. The Morgan fingerprint density at radius 1 is 1.00 bits per heavy atom. The molecule has 1 saturated heterocycles. The number of nitrogens with one attached hydrogen (secondary N) is 1. The van der Waals surface area contributed by atoms with E-state index in [1.165, 1.54) is 0 Å². The number of aromatic hydroxyl groups is 1. The van der Waals surface area contributed by atoms with Gasteiger partial charge in [0.25, 0.3) is 0 Å². The average molecular weight is 455 g/mol. The van der Waals surface area contributed by atoms with Crippen LogP contribution < -0.4 is 5.32 Å². The van der Waals surface area contributed by atoms with Gasteiger partial charge < -0.3 is 15.0 Å². The van der Waals surface area contributed by atoms with Crippen LogP contribution in [0.3, 0.4) is 0 Å². The van der Waals surface area contributed by atoms with Crippen molar-refractivity contribution in [3.05, 3.63) is 54.7 Å². The van der Waals surface area contributed by atoms with E-state index in [9.17, 15) is 5.11 Å². The van der Waals surface area contributed by atoms with E-state index >= 15 is 4.39 Å². The number of hydrogen-bond acceptors (Lipinski definition) is 4. The molecule has 5 nitrogen and oxygen atoms in total. The molecule has 0 bridgehead atoms. The molecule has 0 amide bonds. The van der Waals surface area contributed by atoms with Crippen molar-refractivity contribution >= 4 is 34.2 Å². The molecule has 2 atom stereocenters. The first-order valence-electron chi connectivity index (χ1n) is 10.6. The summed E-state index contributed by atoms with van der Waals surface area (Å²) in [6.07, 6.45) is 1.48. The number of alkyl halides is 1. The molecular weight excluding hydrogens is 427 g/mol. The summed E-state index contributed by atoms with van der Waals surface area (Å²) < 4.78 is 17.4. The second-order valence-electron chi connectivity index (χ2n) is 9.85. The normalized spacial score (nSPS) is 22.0. The zero-order valence-corrected chi connectivity index (χ0v) is 19.4. The van der Waals surface area contributed by atoms with Crippen LogP contribution in [-0.2, 0) is 0 Å². The smallest absolute Gasteiger partial charge is 0.162 e.